The van der Waals surface area contributed by atoms with Gasteiger partial charge in [0.1, 0.15) is 0 Å². The van der Waals surface area contributed by atoms with E-state index in [0.29, 0.717) is 5.78 Å². The predicted octanol–water partition coefficient (Wildman–Crippen LogP) is 2.61. The average molecular weight is 295 g/mol. The van der Waals surface area contributed by atoms with Crippen molar-refractivity contribution in [3.05, 3.63) is 52.6 Å². The van der Waals surface area contributed by atoms with Crippen LogP contribution in [0.3, 0.4) is 0 Å². The molecule has 3 aromatic rings. The molecule has 0 unspecified atom stereocenters. The Morgan fingerprint density at radius 1 is 1.00 bits per heavy atom. The summed E-state index contributed by atoms with van der Waals surface area (Å²) >= 11 is 0. The standard InChI is InChI=1S/C16H17N5O/c1-9-5-10(2)7-13(6-9)18-15(22)14-19-16-17-11(3)8-12(4)21(16)20-14/h5-8H,1-4H3,(H,18,22). The van der Waals surface area contributed by atoms with Crippen LogP contribution in [0.25, 0.3) is 5.78 Å². The number of anilines is 1. The second-order valence-electron chi connectivity index (χ2n) is 5.52. The average Bonchev–Trinajstić information content (AvgIpc) is 2.81. The second kappa shape index (κ2) is 5.22. The molecule has 0 saturated carbocycles. The van der Waals surface area contributed by atoms with Crippen molar-refractivity contribution in [1.82, 2.24) is 19.6 Å². The first-order valence-corrected chi connectivity index (χ1v) is 7.03. The van der Waals surface area contributed by atoms with E-state index in [1.54, 1.807) is 4.52 Å². The van der Waals surface area contributed by atoms with Gasteiger partial charge < -0.3 is 5.32 Å². The number of nitrogens with one attached hydrogen (secondary N) is 1. The number of benzene rings is 1. The number of amides is 1. The third-order valence-electron chi connectivity index (χ3n) is 3.30. The molecule has 0 spiro atoms. The quantitative estimate of drug-likeness (QED) is 0.788. The van der Waals surface area contributed by atoms with Crippen molar-refractivity contribution in [2.75, 3.05) is 5.32 Å². The molecule has 0 aliphatic carbocycles. The van der Waals surface area contributed by atoms with Crippen molar-refractivity contribution in [3.63, 3.8) is 0 Å². The molecular weight excluding hydrogens is 278 g/mol. The zero-order chi connectivity index (χ0) is 15.9. The Balaban J connectivity index is 1.93. The predicted molar refractivity (Wildman–Crippen MR) is 84.1 cm³/mol. The maximum absolute atomic E-state index is 12.3. The summed E-state index contributed by atoms with van der Waals surface area (Å²) in [5, 5.41) is 7.06. The molecule has 22 heavy (non-hydrogen) atoms. The van der Waals surface area contributed by atoms with Crippen LogP contribution in [0.4, 0.5) is 5.69 Å². The van der Waals surface area contributed by atoms with Crippen LogP contribution in [0.5, 0.6) is 0 Å². The lowest BCUT2D eigenvalue weighted by molar-refractivity contribution is 0.101. The summed E-state index contributed by atoms with van der Waals surface area (Å²) < 4.78 is 1.57. The van der Waals surface area contributed by atoms with Crippen LogP contribution in [0, 0.1) is 27.7 Å². The number of nitrogens with zero attached hydrogens (tertiary/aromatic N) is 4. The summed E-state index contributed by atoms with van der Waals surface area (Å²) in [4.78, 5) is 20.8. The van der Waals surface area contributed by atoms with Crippen LogP contribution in [0.15, 0.2) is 24.3 Å². The molecular formula is C16H17N5O. The third-order valence-corrected chi connectivity index (χ3v) is 3.30. The van der Waals surface area contributed by atoms with Crippen LogP contribution < -0.4 is 5.32 Å². The highest BCUT2D eigenvalue weighted by atomic mass is 16.2. The minimum Gasteiger partial charge on any atom is -0.319 e. The number of aryl methyl sites for hydroxylation is 4. The molecule has 0 atom stereocenters. The Hall–Kier alpha value is -2.76. The van der Waals surface area contributed by atoms with E-state index in [0.717, 1.165) is 28.2 Å². The Bertz CT molecular complexity index is 861. The third kappa shape index (κ3) is 2.67. The number of hydrogen-bond donors (Lipinski definition) is 1. The first-order chi connectivity index (χ1) is 10.4. The van der Waals surface area contributed by atoms with Gasteiger partial charge in [0, 0.05) is 17.1 Å². The number of carbonyl (C=O) groups excluding carboxylic acids is 1. The van der Waals surface area contributed by atoms with Gasteiger partial charge >= 0.3 is 0 Å². The monoisotopic (exact) mass is 295 g/mol. The molecule has 0 fully saturated rings. The Morgan fingerprint density at radius 3 is 2.36 bits per heavy atom. The molecule has 0 bridgehead atoms. The highest BCUT2D eigenvalue weighted by molar-refractivity contribution is 6.01. The van der Waals surface area contributed by atoms with Gasteiger partial charge in [-0.15, -0.1) is 5.10 Å². The van der Waals surface area contributed by atoms with Crippen LogP contribution in [0.1, 0.15) is 33.1 Å². The van der Waals surface area contributed by atoms with Crippen molar-refractivity contribution in [1.29, 1.82) is 0 Å². The molecule has 112 valence electrons. The van der Waals surface area contributed by atoms with Gasteiger partial charge in [-0.3, -0.25) is 4.79 Å². The Morgan fingerprint density at radius 2 is 1.68 bits per heavy atom. The molecule has 1 N–H and O–H groups in total. The van der Waals surface area contributed by atoms with Crippen LogP contribution in [-0.4, -0.2) is 25.5 Å². The Labute approximate surface area is 128 Å². The highest BCUT2D eigenvalue weighted by Crippen LogP contribution is 2.14. The van der Waals surface area contributed by atoms with Gasteiger partial charge in [0.05, 0.1) is 0 Å². The van der Waals surface area contributed by atoms with Gasteiger partial charge in [0.2, 0.25) is 5.82 Å². The molecule has 0 radical (unpaired) electrons. The number of rotatable bonds is 2. The lowest BCUT2D eigenvalue weighted by atomic mass is 10.1. The molecule has 0 aliphatic heterocycles. The van der Waals surface area contributed by atoms with Crippen molar-refractivity contribution in [3.8, 4) is 0 Å². The first kappa shape index (κ1) is 14.2. The SMILES string of the molecule is Cc1cc(C)cc(NC(=O)c2nc3nc(C)cc(C)n3n2)c1. The minimum absolute atomic E-state index is 0.111. The lowest BCUT2D eigenvalue weighted by Gasteiger charge is -2.05. The Kier molecular flexibility index (Phi) is 3.36. The maximum Gasteiger partial charge on any atom is 0.295 e. The van der Waals surface area contributed by atoms with Gasteiger partial charge in [-0.25, -0.2) is 9.50 Å². The number of fused-ring (bicyclic) bond motifs is 1. The van der Waals surface area contributed by atoms with Crippen LogP contribution >= 0.6 is 0 Å². The van der Waals surface area contributed by atoms with Gasteiger partial charge in [-0.05, 0) is 57.0 Å². The topological polar surface area (TPSA) is 72.2 Å². The van der Waals surface area contributed by atoms with Gasteiger partial charge in [-0.1, -0.05) is 6.07 Å². The highest BCUT2D eigenvalue weighted by Gasteiger charge is 2.15. The van der Waals surface area contributed by atoms with Crippen LogP contribution in [0.2, 0.25) is 0 Å². The molecule has 0 aliphatic rings. The smallest absolute Gasteiger partial charge is 0.295 e. The van der Waals surface area contributed by atoms with Gasteiger partial charge in [0.15, 0.2) is 0 Å². The van der Waals surface area contributed by atoms with E-state index in [4.69, 9.17) is 0 Å². The zero-order valence-corrected chi connectivity index (χ0v) is 13.0. The minimum atomic E-state index is -0.340. The number of hydrogen-bond acceptors (Lipinski definition) is 4. The number of aromatic nitrogens is 4. The van der Waals surface area contributed by atoms with Crippen molar-refractivity contribution < 1.29 is 4.79 Å². The summed E-state index contributed by atoms with van der Waals surface area (Å²) in [6.07, 6.45) is 0. The lowest BCUT2D eigenvalue weighted by Crippen LogP contribution is -2.14. The summed E-state index contributed by atoms with van der Waals surface area (Å²) in [6, 6.07) is 7.77. The van der Waals surface area contributed by atoms with E-state index < -0.39 is 0 Å². The summed E-state index contributed by atoms with van der Waals surface area (Å²) in [6.45, 7) is 7.77. The maximum atomic E-state index is 12.3. The molecule has 2 aromatic heterocycles. The molecule has 3 rings (SSSR count). The molecule has 6 nitrogen and oxygen atoms in total. The van der Waals surface area contributed by atoms with Gasteiger partial charge in [0.25, 0.3) is 11.7 Å². The molecule has 2 heterocycles. The van der Waals surface area contributed by atoms with E-state index in [1.807, 2.05) is 45.9 Å². The summed E-state index contributed by atoms with van der Waals surface area (Å²) in [5.41, 5.74) is 4.65. The fourth-order valence-corrected chi connectivity index (χ4v) is 2.50. The zero-order valence-electron chi connectivity index (χ0n) is 13.0. The van der Waals surface area contributed by atoms with Crippen LogP contribution in [-0.2, 0) is 0 Å². The molecule has 0 saturated heterocycles. The second-order valence-corrected chi connectivity index (χ2v) is 5.52. The van der Waals surface area contributed by atoms with E-state index in [9.17, 15) is 4.79 Å². The summed E-state index contributed by atoms with van der Waals surface area (Å²) in [7, 11) is 0. The van der Waals surface area contributed by atoms with E-state index >= 15 is 0 Å². The van der Waals surface area contributed by atoms with E-state index in [1.165, 1.54) is 0 Å². The number of carbonyl (C=O) groups is 1. The fourth-order valence-electron chi connectivity index (χ4n) is 2.50. The van der Waals surface area contributed by atoms with Crippen molar-refractivity contribution >= 4 is 17.4 Å². The molecule has 1 aromatic carbocycles. The van der Waals surface area contributed by atoms with Gasteiger partial charge in [-0.2, -0.15) is 4.98 Å². The van der Waals surface area contributed by atoms with E-state index in [-0.39, 0.29) is 11.7 Å². The first-order valence-electron chi connectivity index (χ1n) is 7.03. The fraction of sp³-hybridized carbons (Fsp3) is 0.250. The van der Waals surface area contributed by atoms with Crippen molar-refractivity contribution in [2.45, 2.75) is 27.7 Å². The molecule has 1 amide bonds. The van der Waals surface area contributed by atoms with E-state index in [2.05, 4.69) is 26.4 Å². The normalized spacial score (nSPS) is 10.9. The largest absolute Gasteiger partial charge is 0.319 e. The van der Waals surface area contributed by atoms with Crippen molar-refractivity contribution in [2.24, 2.45) is 0 Å². The molecule has 6 heteroatoms. The summed E-state index contributed by atoms with van der Waals surface area (Å²) in [5.74, 6) is 0.205.